The molecule has 1 heterocycles. The van der Waals surface area contributed by atoms with Gasteiger partial charge in [-0.1, -0.05) is 72.1 Å². The lowest BCUT2D eigenvalue weighted by Gasteiger charge is -2.05. The predicted octanol–water partition coefficient (Wildman–Crippen LogP) is 3.98. The van der Waals surface area contributed by atoms with Crippen LogP contribution in [0, 0.1) is 0 Å². The molecule has 0 unspecified atom stereocenters. The molecule has 0 bridgehead atoms. The Morgan fingerprint density at radius 2 is 1.61 bits per heavy atom. The third-order valence-electron chi connectivity index (χ3n) is 3.01. The Labute approximate surface area is 110 Å². The fraction of sp³-hybridized carbons (Fsp3) is 0.0625. The highest BCUT2D eigenvalue weighted by atomic mass is 32.1. The normalized spacial score (nSPS) is 15.1. The molecule has 2 heteroatoms. The second-order valence-corrected chi connectivity index (χ2v) is 5.19. The summed E-state index contributed by atoms with van der Waals surface area (Å²) in [5.74, 6) is 0.0728. The molecule has 0 aromatic rings. The van der Waals surface area contributed by atoms with Crippen LogP contribution in [0.25, 0.3) is 10.4 Å². The first-order valence-electron chi connectivity index (χ1n) is 5.90. The zero-order valence-electron chi connectivity index (χ0n) is 9.74. The first-order valence-corrected chi connectivity index (χ1v) is 6.71. The summed E-state index contributed by atoms with van der Waals surface area (Å²) >= 11 is 1.33. The highest BCUT2D eigenvalue weighted by molar-refractivity contribution is 7.13. The monoisotopic (exact) mass is 252 g/mol. The summed E-state index contributed by atoms with van der Waals surface area (Å²) in [5.41, 5.74) is 1.96. The van der Waals surface area contributed by atoms with Crippen molar-refractivity contribution in [3.05, 3.63) is 81.9 Å². The molecule has 0 aromatic heterocycles. The third-order valence-corrected chi connectivity index (χ3v) is 4.00. The van der Waals surface area contributed by atoms with Gasteiger partial charge in [0.15, 0.2) is 0 Å². The zero-order valence-corrected chi connectivity index (χ0v) is 10.6. The summed E-state index contributed by atoms with van der Waals surface area (Å²) in [6, 6.07) is 9.99. The summed E-state index contributed by atoms with van der Waals surface area (Å²) in [6.45, 7) is 0. The third kappa shape index (κ3) is 1.95. The van der Waals surface area contributed by atoms with Gasteiger partial charge in [-0.25, -0.2) is 0 Å². The maximum Gasteiger partial charge on any atom is 0.237 e. The van der Waals surface area contributed by atoms with Gasteiger partial charge in [0.05, 0.1) is 0 Å². The molecular formula is C16H12OS. The van der Waals surface area contributed by atoms with Gasteiger partial charge in [-0.05, 0) is 6.07 Å². The van der Waals surface area contributed by atoms with Crippen molar-refractivity contribution in [2.24, 2.45) is 0 Å². The van der Waals surface area contributed by atoms with Crippen LogP contribution in [0.15, 0.2) is 71.6 Å². The minimum absolute atomic E-state index is 0.0728. The Kier molecular flexibility index (Phi) is 2.95. The minimum Gasteiger partial charge on any atom is -0.277 e. The largest absolute Gasteiger partial charge is 0.277 e. The van der Waals surface area contributed by atoms with Crippen molar-refractivity contribution in [1.82, 2.24) is 0 Å². The fourth-order valence-corrected chi connectivity index (χ4v) is 3.17. The van der Waals surface area contributed by atoms with Crippen molar-refractivity contribution in [2.75, 3.05) is 0 Å². The number of allylic oxidation sites excluding steroid dienone is 6. The molecular weight excluding hydrogens is 240 g/mol. The van der Waals surface area contributed by atoms with Crippen LogP contribution < -0.4 is 4.74 Å². The first-order chi connectivity index (χ1) is 8.86. The SMILES string of the molecule is O=c1sc2cccccc-2c1C1C=CC=CC=C1. The number of hydrogen-bond donors (Lipinski definition) is 0. The zero-order chi connectivity index (χ0) is 12.4. The lowest BCUT2D eigenvalue weighted by molar-refractivity contribution is 1.09. The fourth-order valence-electron chi connectivity index (χ4n) is 2.18. The maximum absolute atomic E-state index is 12.2. The lowest BCUT2D eigenvalue weighted by atomic mass is 9.96. The Hall–Kier alpha value is -1.93. The highest BCUT2D eigenvalue weighted by Crippen LogP contribution is 2.33. The van der Waals surface area contributed by atoms with E-state index in [2.05, 4.69) is 12.2 Å². The Bertz CT molecular complexity index is 660. The topological polar surface area (TPSA) is 17.1 Å². The van der Waals surface area contributed by atoms with Gasteiger partial charge in [-0.3, -0.25) is 4.79 Å². The molecule has 18 heavy (non-hydrogen) atoms. The Morgan fingerprint density at radius 3 is 2.39 bits per heavy atom. The van der Waals surface area contributed by atoms with E-state index < -0.39 is 0 Å². The van der Waals surface area contributed by atoms with Crippen molar-refractivity contribution in [3.8, 4) is 10.4 Å². The van der Waals surface area contributed by atoms with E-state index in [0.29, 0.717) is 0 Å². The standard InChI is InChI=1S/C16H12OS/c17-16-15(12-8-4-1-2-5-9-12)13-10-6-3-7-11-14(13)18-16/h1-12H. The van der Waals surface area contributed by atoms with Gasteiger partial charge in [-0.2, -0.15) is 0 Å². The van der Waals surface area contributed by atoms with E-state index in [9.17, 15) is 4.79 Å². The molecule has 0 spiro atoms. The van der Waals surface area contributed by atoms with Crippen LogP contribution in [0.3, 0.4) is 0 Å². The molecule has 1 aliphatic heterocycles. The van der Waals surface area contributed by atoms with Crippen molar-refractivity contribution in [2.45, 2.75) is 5.92 Å². The molecule has 0 aromatic carbocycles. The molecule has 0 amide bonds. The van der Waals surface area contributed by atoms with E-state index in [-0.39, 0.29) is 10.7 Å². The van der Waals surface area contributed by atoms with Crippen molar-refractivity contribution in [3.63, 3.8) is 0 Å². The Balaban J connectivity index is 2.20. The van der Waals surface area contributed by atoms with E-state index in [1.54, 1.807) is 0 Å². The molecule has 2 aliphatic carbocycles. The molecule has 0 atom stereocenters. The van der Waals surface area contributed by atoms with Crippen molar-refractivity contribution >= 4 is 11.3 Å². The molecule has 0 saturated carbocycles. The lowest BCUT2D eigenvalue weighted by Crippen LogP contribution is -2.03. The van der Waals surface area contributed by atoms with Crippen LogP contribution in [0.1, 0.15) is 11.5 Å². The van der Waals surface area contributed by atoms with E-state index in [1.807, 2.05) is 54.6 Å². The van der Waals surface area contributed by atoms with Crippen molar-refractivity contribution < 1.29 is 0 Å². The van der Waals surface area contributed by atoms with Gasteiger partial charge in [0.2, 0.25) is 4.74 Å². The number of fused-ring (bicyclic) bond motifs is 1. The predicted molar refractivity (Wildman–Crippen MR) is 77.4 cm³/mol. The average molecular weight is 252 g/mol. The number of rotatable bonds is 1. The van der Waals surface area contributed by atoms with Crippen LogP contribution in [0.5, 0.6) is 0 Å². The molecule has 0 saturated heterocycles. The first kappa shape index (κ1) is 11.2. The van der Waals surface area contributed by atoms with Gasteiger partial charge < -0.3 is 0 Å². The van der Waals surface area contributed by atoms with Crippen LogP contribution in [0.2, 0.25) is 0 Å². The van der Waals surface area contributed by atoms with Gasteiger partial charge in [0, 0.05) is 21.9 Å². The van der Waals surface area contributed by atoms with Crippen LogP contribution in [-0.4, -0.2) is 0 Å². The van der Waals surface area contributed by atoms with E-state index in [0.717, 1.165) is 16.0 Å². The molecule has 0 radical (unpaired) electrons. The van der Waals surface area contributed by atoms with Gasteiger partial charge in [-0.15, -0.1) is 0 Å². The Morgan fingerprint density at radius 1 is 0.889 bits per heavy atom. The minimum atomic E-state index is 0.0728. The van der Waals surface area contributed by atoms with Crippen LogP contribution in [-0.2, 0) is 0 Å². The highest BCUT2D eigenvalue weighted by Gasteiger charge is 2.19. The molecule has 3 aliphatic rings. The maximum atomic E-state index is 12.2. The molecule has 88 valence electrons. The van der Waals surface area contributed by atoms with E-state index in [1.165, 1.54) is 11.3 Å². The quantitative estimate of drug-likeness (QED) is 0.750. The van der Waals surface area contributed by atoms with E-state index >= 15 is 0 Å². The second kappa shape index (κ2) is 4.75. The summed E-state index contributed by atoms with van der Waals surface area (Å²) in [5, 5.41) is 0. The molecule has 1 nitrogen and oxygen atoms in total. The summed E-state index contributed by atoms with van der Waals surface area (Å²) in [6.07, 6.45) is 12.1. The van der Waals surface area contributed by atoms with Gasteiger partial charge in [0.25, 0.3) is 0 Å². The second-order valence-electron chi connectivity index (χ2n) is 4.17. The molecule has 0 N–H and O–H groups in total. The molecule has 0 fully saturated rings. The van der Waals surface area contributed by atoms with Gasteiger partial charge in [0.1, 0.15) is 0 Å². The summed E-state index contributed by atoms with van der Waals surface area (Å²) < 4.78 is 0.164. The van der Waals surface area contributed by atoms with Crippen LogP contribution in [0.4, 0.5) is 0 Å². The smallest absolute Gasteiger partial charge is 0.237 e. The summed E-state index contributed by atoms with van der Waals surface area (Å²) in [4.78, 5) is 13.2. The van der Waals surface area contributed by atoms with Crippen LogP contribution >= 0.6 is 11.3 Å². The number of thiophene rings is 1. The van der Waals surface area contributed by atoms with Gasteiger partial charge >= 0.3 is 0 Å². The number of hydrogen-bond acceptors (Lipinski definition) is 2. The summed E-state index contributed by atoms with van der Waals surface area (Å²) in [7, 11) is 0. The van der Waals surface area contributed by atoms with Crippen molar-refractivity contribution in [1.29, 1.82) is 0 Å². The van der Waals surface area contributed by atoms with E-state index in [4.69, 9.17) is 0 Å². The molecule has 3 rings (SSSR count). The average Bonchev–Trinajstić information content (AvgIpc) is 2.62.